The van der Waals surface area contributed by atoms with E-state index in [0.29, 0.717) is 5.56 Å². The summed E-state index contributed by atoms with van der Waals surface area (Å²) in [7, 11) is 0. The molecule has 0 unspecified atom stereocenters. The molecule has 0 fully saturated rings. The van der Waals surface area contributed by atoms with Gasteiger partial charge in [-0.1, -0.05) is 90.5 Å². The van der Waals surface area contributed by atoms with Gasteiger partial charge < -0.3 is 0 Å². The summed E-state index contributed by atoms with van der Waals surface area (Å²) in [5.41, 5.74) is 7.54. The number of benzene rings is 5. The van der Waals surface area contributed by atoms with E-state index in [0.717, 1.165) is 27.3 Å². The molecule has 0 saturated carbocycles. The number of nitrogens with zero attached hydrogens (tertiary/aromatic N) is 1. The van der Waals surface area contributed by atoms with Gasteiger partial charge in [0.05, 0.1) is 11.6 Å². The Bertz CT molecular complexity index is 1440. The van der Waals surface area contributed by atoms with Crippen molar-refractivity contribution in [2.45, 2.75) is 0 Å². The fourth-order valence-corrected chi connectivity index (χ4v) is 4.25. The van der Waals surface area contributed by atoms with Gasteiger partial charge in [-0.05, 0) is 74.5 Å². The molecule has 0 atom stereocenters. The highest BCUT2D eigenvalue weighted by Crippen LogP contribution is 2.37. The lowest BCUT2D eigenvalue weighted by molar-refractivity contribution is 1.48. The lowest BCUT2D eigenvalue weighted by atomic mass is 9.91. The SMILES string of the molecule is N#Cc1ccc(-c2ccc(-c3cccc(-c4cccc(Cl)c4)c3)c3ccccc23)cc1. The molecule has 0 aromatic heterocycles. The fourth-order valence-electron chi connectivity index (χ4n) is 4.06. The van der Waals surface area contributed by atoms with Crippen molar-refractivity contribution in [2.24, 2.45) is 0 Å². The largest absolute Gasteiger partial charge is 0.192 e. The van der Waals surface area contributed by atoms with Crippen molar-refractivity contribution in [1.29, 1.82) is 5.26 Å². The molecule has 0 heterocycles. The molecule has 0 saturated heterocycles. The average Bonchev–Trinajstić information content (AvgIpc) is 2.83. The van der Waals surface area contributed by atoms with Crippen LogP contribution in [0, 0.1) is 11.3 Å². The Morgan fingerprint density at radius 2 is 1.10 bits per heavy atom. The van der Waals surface area contributed by atoms with Crippen LogP contribution in [0.25, 0.3) is 44.2 Å². The Labute approximate surface area is 186 Å². The summed E-state index contributed by atoms with van der Waals surface area (Å²) in [6.45, 7) is 0. The summed E-state index contributed by atoms with van der Waals surface area (Å²) >= 11 is 6.21. The monoisotopic (exact) mass is 415 g/mol. The molecule has 146 valence electrons. The van der Waals surface area contributed by atoms with Crippen molar-refractivity contribution in [1.82, 2.24) is 0 Å². The highest BCUT2D eigenvalue weighted by molar-refractivity contribution is 6.30. The van der Waals surface area contributed by atoms with Gasteiger partial charge in [-0.3, -0.25) is 0 Å². The molecule has 0 amide bonds. The average molecular weight is 416 g/mol. The van der Waals surface area contributed by atoms with Gasteiger partial charge in [-0.25, -0.2) is 0 Å². The van der Waals surface area contributed by atoms with Crippen molar-refractivity contribution in [3.05, 3.63) is 120 Å². The van der Waals surface area contributed by atoms with Gasteiger partial charge in [0.15, 0.2) is 0 Å². The van der Waals surface area contributed by atoms with Crippen LogP contribution in [0.15, 0.2) is 109 Å². The van der Waals surface area contributed by atoms with E-state index < -0.39 is 0 Å². The van der Waals surface area contributed by atoms with E-state index in [1.807, 2.05) is 42.5 Å². The van der Waals surface area contributed by atoms with Crippen molar-refractivity contribution in [3.8, 4) is 39.4 Å². The van der Waals surface area contributed by atoms with Gasteiger partial charge in [-0.2, -0.15) is 5.26 Å². The molecular weight excluding hydrogens is 398 g/mol. The molecule has 0 radical (unpaired) electrons. The zero-order chi connectivity index (χ0) is 21.2. The zero-order valence-electron chi connectivity index (χ0n) is 16.7. The molecule has 2 heteroatoms. The highest BCUT2D eigenvalue weighted by atomic mass is 35.5. The molecular formula is C29H18ClN. The van der Waals surface area contributed by atoms with E-state index in [1.54, 1.807) is 0 Å². The van der Waals surface area contributed by atoms with Crippen LogP contribution >= 0.6 is 11.6 Å². The number of rotatable bonds is 3. The second kappa shape index (κ2) is 8.11. The lowest BCUT2D eigenvalue weighted by Gasteiger charge is -2.13. The Morgan fingerprint density at radius 3 is 1.74 bits per heavy atom. The van der Waals surface area contributed by atoms with Gasteiger partial charge in [-0.15, -0.1) is 0 Å². The topological polar surface area (TPSA) is 23.8 Å². The summed E-state index contributed by atoms with van der Waals surface area (Å²) in [5, 5.41) is 12.2. The van der Waals surface area contributed by atoms with E-state index in [2.05, 4.69) is 72.8 Å². The van der Waals surface area contributed by atoms with Crippen molar-refractivity contribution < 1.29 is 0 Å². The predicted octanol–water partition coefficient (Wildman–Crippen LogP) is 8.37. The maximum atomic E-state index is 9.10. The third-order valence-corrected chi connectivity index (χ3v) is 5.82. The first-order chi connectivity index (χ1) is 15.2. The third-order valence-electron chi connectivity index (χ3n) is 5.58. The number of hydrogen-bond acceptors (Lipinski definition) is 1. The molecule has 31 heavy (non-hydrogen) atoms. The van der Waals surface area contributed by atoms with Crippen LogP contribution in [0.3, 0.4) is 0 Å². The normalized spacial score (nSPS) is 10.7. The van der Waals surface area contributed by atoms with Gasteiger partial charge in [0.2, 0.25) is 0 Å². The molecule has 1 nitrogen and oxygen atoms in total. The maximum Gasteiger partial charge on any atom is 0.0991 e. The minimum absolute atomic E-state index is 0.669. The zero-order valence-corrected chi connectivity index (χ0v) is 17.5. The number of hydrogen-bond donors (Lipinski definition) is 0. The maximum absolute atomic E-state index is 9.10. The number of fused-ring (bicyclic) bond motifs is 1. The highest BCUT2D eigenvalue weighted by Gasteiger charge is 2.10. The molecule has 0 bridgehead atoms. The van der Waals surface area contributed by atoms with E-state index in [-0.39, 0.29) is 0 Å². The summed E-state index contributed by atoms with van der Waals surface area (Å²) in [4.78, 5) is 0. The lowest BCUT2D eigenvalue weighted by Crippen LogP contribution is -1.87. The fraction of sp³-hybridized carbons (Fsp3) is 0. The summed E-state index contributed by atoms with van der Waals surface area (Å²) < 4.78 is 0. The number of halogens is 1. The van der Waals surface area contributed by atoms with Crippen LogP contribution in [0.4, 0.5) is 0 Å². The standard InChI is InChI=1S/C29H18ClN/c30-25-8-4-6-23(18-25)22-5-3-7-24(17-22)27-16-15-26(28-9-1-2-10-29(27)28)21-13-11-20(19-31)12-14-21/h1-18H. The second-order valence-electron chi connectivity index (χ2n) is 7.49. The molecule has 5 aromatic rings. The molecule has 0 aliphatic rings. The van der Waals surface area contributed by atoms with Crippen molar-refractivity contribution in [2.75, 3.05) is 0 Å². The summed E-state index contributed by atoms with van der Waals surface area (Å²) in [5.74, 6) is 0. The van der Waals surface area contributed by atoms with Gasteiger partial charge in [0.25, 0.3) is 0 Å². The predicted molar refractivity (Wildman–Crippen MR) is 130 cm³/mol. The number of nitriles is 1. The minimum atomic E-state index is 0.669. The van der Waals surface area contributed by atoms with Crippen LogP contribution in [-0.4, -0.2) is 0 Å². The first-order valence-corrected chi connectivity index (χ1v) is 10.5. The Hall–Kier alpha value is -3.86. The van der Waals surface area contributed by atoms with E-state index >= 15 is 0 Å². The Balaban J connectivity index is 1.65. The van der Waals surface area contributed by atoms with Gasteiger partial charge in [0, 0.05) is 5.02 Å². The molecule has 0 aliphatic carbocycles. The molecule has 0 aliphatic heterocycles. The Kier molecular flexibility index (Phi) is 5.00. The first-order valence-electron chi connectivity index (χ1n) is 10.1. The third kappa shape index (κ3) is 3.70. The van der Waals surface area contributed by atoms with Crippen LogP contribution in [0.1, 0.15) is 5.56 Å². The quantitative estimate of drug-likeness (QED) is 0.290. The summed E-state index contributed by atoms with van der Waals surface area (Å²) in [6.07, 6.45) is 0. The smallest absolute Gasteiger partial charge is 0.0991 e. The minimum Gasteiger partial charge on any atom is -0.192 e. The van der Waals surface area contributed by atoms with E-state index in [9.17, 15) is 0 Å². The second-order valence-corrected chi connectivity index (χ2v) is 7.92. The van der Waals surface area contributed by atoms with Crippen molar-refractivity contribution >= 4 is 22.4 Å². The van der Waals surface area contributed by atoms with Crippen LogP contribution in [-0.2, 0) is 0 Å². The molecule has 0 spiro atoms. The summed E-state index contributed by atoms with van der Waals surface area (Å²) in [6, 6.07) is 39.3. The van der Waals surface area contributed by atoms with Crippen LogP contribution in [0.2, 0.25) is 5.02 Å². The molecule has 0 N–H and O–H groups in total. The first kappa shape index (κ1) is 19.1. The van der Waals surface area contributed by atoms with Gasteiger partial charge in [0.1, 0.15) is 0 Å². The van der Waals surface area contributed by atoms with E-state index in [4.69, 9.17) is 16.9 Å². The Morgan fingerprint density at radius 1 is 0.516 bits per heavy atom. The van der Waals surface area contributed by atoms with Crippen LogP contribution in [0.5, 0.6) is 0 Å². The van der Waals surface area contributed by atoms with Gasteiger partial charge >= 0.3 is 0 Å². The molecule has 5 aromatic carbocycles. The van der Waals surface area contributed by atoms with E-state index in [1.165, 1.54) is 21.9 Å². The van der Waals surface area contributed by atoms with Crippen molar-refractivity contribution in [3.63, 3.8) is 0 Å². The van der Waals surface area contributed by atoms with Crippen LogP contribution < -0.4 is 0 Å². The molecule has 5 rings (SSSR count).